The summed E-state index contributed by atoms with van der Waals surface area (Å²) in [6.07, 6.45) is 1.66. The fraction of sp³-hybridized carbons (Fsp3) is 0.500. The van der Waals surface area contributed by atoms with Crippen molar-refractivity contribution >= 4 is 24.8 Å². The zero-order chi connectivity index (χ0) is 16.7. The van der Waals surface area contributed by atoms with Crippen molar-refractivity contribution in [2.45, 2.75) is 45.8 Å². The number of aryl methyl sites for hydroxylation is 1. The number of benzene rings is 1. The van der Waals surface area contributed by atoms with Crippen LogP contribution >= 0.6 is 11.6 Å². The molecule has 1 aromatic carbocycles. The normalized spacial score (nSPS) is 20.5. The first kappa shape index (κ1) is 17.5. The first-order chi connectivity index (χ1) is 10.1. The van der Waals surface area contributed by atoms with Crippen LogP contribution in [0.15, 0.2) is 17.6 Å². The lowest BCUT2D eigenvalue weighted by Crippen LogP contribution is -2.41. The van der Waals surface area contributed by atoms with E-state index in [1.165, 1.54) is 6.07 Å². The molecule has 0 unspecified atom stereocenters. The van der Waals surface area contributed by atoms with Gasteiger partial charge in [0.1, 0.15) is 5.82 Å². The molecule has 0 aliphatic carbocycles. The minimum Gasteiger partial charge on any atom is -0.400 e. The molecule has 1 aliphatic heterocycles. The van der Waals surface area contributed by atoms with Gasteiger partial charge in [0.05, 0.1) is 11.2 Å². The summed E-state index contributed by atoms with van der Waals surface area (Å²) in [4.78, 5) is 0. The monoisotopic (exact) mass is 325 g/mol. The summed E-state index contributed by atoms with van der Waals surface area (Å²) in [7, 11) is -0.588. The molecule has 0 spiro atoms. The summed E-state index contributed by atoms with van der Waals surface area (Å²) in [5, 5.41) is 0.512. The SMILES string of the molecule is Cc1cc(F)c(C=C(CN)B2OC(C)(C)C(C)(C)O2)cc1Cl. The van der Waals surface area contributed by atoms with Gasteiger partial charge in [-0.25, -0.2) is 4.39 Å². The van der Waals surface area contributed by atoms with Crippen LogP contribution in [0.3, 0.4) is 0 Å². The second-order valence-electron chi connectivity index (χ2n) is 6.63. The van der Waals surface area contributed by atoms with E-state index < -0.39 is 18.3 Å². The highest BCUT2D eigenvalue weighted by Crippen LogP contribution is 2.38. The second-order valence-corrected chi connectivity index (χ2v) is 7.04. The summed E-state index contributed by atoms with van der Waals surface area (Å²) in [6, 6.07) is 3.00. The van der Waals surface area contributed by atoms with E-state index in [9.17, 15) is 4.39 Å². The van der Waals surface area contributed by atoms with Crippen LogP contribution in [0.25, 0.3) is 6.08 Å². The Morgan fingerprint density at radius 3 is 2.32 bits per heavy atom. The van der Waals surface area contributed by atoms with Gasteiger partial charge in [0.25, 0.3) is 0 Å². The Balaban J connectivity index is 2.36. The summed E-state index contributed by atoms with van der Waals surface area (Å²) in [5.74, 6) is -0.343. The van der Waals surface area contributed by atoms with Gasteiger partial charge in [0.15, 0.2) is 0 Å². The van der Waals surface area contributed by atoms with Crippen LogP contribution in [0, 0.1) is 12.7 Å². The summed E-state index contributed by atoms with van der Waals surface area (Å²) < 4.78 is 26.0. The standard InChI is InChI=1S/C16H22BClFNO2/c1-10-6-14(19)11(8-13(10)18)7-12(9-20)17-21-15(2,3)16(4,5)22-17/h6-8H,9,20H2,1-5H3. The highest BCUT2D eigenvalue weighted by molar-refractivity contribution is 6.55. The lowest BCUT2D eigenvalue weighted by atomic mass is 9.77. The van der Waals surface area contributed by atoms with Crippen molar-refractivity contribution in [3.63, 3.8) is 0 Å². The topological polar surface area (TPSA) is 44.5 Å². The molecule has 22 heavy (non-hydrogen) atoms. The van der Waals surface area contributed by atoms with E-state index in [1.54, 1.807) is 19.1 Å². The molecule has 0 aromatic heterocycles. The molecular weight excluding hydrogens is 303 g/mol. The molecule has 1 aromatic rings. The van der Waals surface area contributed by atoms with Gasteiger partial charge in [-0.2, -0.15) is 0 Å². The maximum Gasteiger partial charge on any atom is 0.491 e. The Hall–Kier alpha value is -0.875. The Bertz CT molecular complexity index is 600. The molecule has 3 nitrogen and oxygen atoms in total. The Morgan fingerprint density at radius 2 is 1.82 bits per heavy atom. The van der Waals surface area contributed by atoms with Crippen LogP contribution in [0.5, 0.6) is 0 Å². The quantitative estimate of drug-likeness (QED) is 0.861. The molecule has 0 radical (unpaired) electrons. The number of hydrogen-bond donors (Lipinski definition) is 1. The zero-order valence-corrected chi connectivity index (χ0v) is 14.4. The van der Waals surface area contributed by atoms with E-state index in [4.69, 9.17) is 26.6 Å². The van der Waals surface area contributed by atoms with Crippen molar-refractivity contribution in [3.05, 3.63) is 39.6 Å². The lowest BCUT2D eigenvalue weighted by molar-refractivity contribution is 0.00578. The molecule has 1 heterocycles. The summed E-state index contributed by atoms with van der Waals surface area (Å²) in [5.41, 5.74) is 6.64. The van der Waals surface area contributed by atoms with E-state index in [1.807, 2.05) is 27.7 Å². The van der Waals surface area contributed by atoms with Crippen molar-refractivity contribution in [2.24, 2.45) is 5.73 Å². The molecule has 0 bridgehead atoms. The zero-order valence-electron chi connectivity index (χ0n) is 13.7. The maximum absolute atomic E-state index is 14.1. The highest BCUT2D eigenvalue weighted by atomic mass is 35.5. The third kappa shape index (κ3) is 3.23. The molecule has 1 aliphatic rings. The van der Waals surface area contributed by atoms with E-state index >= 15 is 0 Å². The van der Waals surface area contributed by atoms with Crippen LogP contribution in [-0.4, -0.2) is 24.9 Å². The Labute approximate surface area is 136 Å². The molecule has 2 N–H and O–H groups in total. The van der Waals surface area contributed by atoms with Gasteiger partial charge in [0.2, 0.25) is 0 Å². The van der Waals surface area contributed by atoms with E-state index in [2.05, 4.69) is 0 Å². The summed E-state index contributed by atoms with van der Waals surface area (Å²) >= 11 is 6.07. The fourth-order valence-corrected chi connectivity index (χ4v) is 2.36. The Kier molecular flexibility index (Phi) is 4.74. The number of rotatable bonds is 3. The average molecular weight is 326 g/mol. The van der Waals surface area contributed by atoms with Crippen molar-refractivity contribution in [1.29, 1.82) is 0 Å². The number of hydrogen-bond acceptors (Lipinski definition) is 3. The largest absolute Gasteiger partial charge is 0.491 e. The van der Waals surface area contributed by atoms with Crippen LogP contribution in [0.2, 0.25) is 5.02 Å². The third-order valence-electron chi connectivity index (χ3n) is 4.41. The van der Waals surface area contributed by atoms with Crippen LogP contribution in [0.4, 0.5) is 4.39 Å². The van der Waals surface area contributed by atoms with E-state index in [0.717, 1.165) is 0 Å². The van der Waals surface area contributed by atoms with E-state index in [-0.39, 0.29) is 12.4 Å². The van der Waals surface area contributed by atoms with Crippen molar-refractivity contribution in [1.82, 2.24) is 0 Å². The number of halogens is 2. The van der Waals surface area contributed by atoms with Crippen molar-refractivity contribution in [2.75, 3.05) is 6.54 Å². The molecule has 0 saturated carbocycles. The first-order valence-electron chi connectivity index (χ1n) is 7.29. The Morgan fingerprint density at radius 1 is 1.27 bits per heavy atom. The lowest BCUT2D eigenvalue weighted by Gasteiger charge is -2.32. The van der Waals surface area contributed by atoms with Crippen molar-refractivity contribution < 1.29 is 13.7 Å². The van der Waals surface area contributed by atoms with Crippen LogP contribution < -0.4 is 5.73 Å². The van der Waals surface area contributed by atoms with Crippen molar-refractivity contribution in [3.8, 4) is 0 Å². The van der Waals surface area contributed by atoms with Gasteiger partial charge in [0, 0.05) is 17.1 Å². The molecule has 0 atom stereocenters. The van der Waals surface area contributed by atoms with Crippen LogP contribution in [0.1, 0.15) is 38.8 Å². The molecule has 1 saturated heterocycles. The predicted molar refractivity (Wildman–Crippen MR) is 89.3 cm³/mol. The molecular formula is C16H22BClFNO2. The minimum atomic E-state index is -0.588. The van der Waals surface area contributed by atoms with Gasteiger partial charge < -0.3 is 15.0 Å². The van der Waals surface area contributed by atoms with Crippen LogP contribution in [-0.2, 0) is 9.31 Å². The number of nitrogens with two attached hydrogens (primary N) is 1. The fourth-order valence-electron chi connectivity index (χ4n) is 2.19. The smallest absolute Gasteiger partial charge is 0.400 e. The van der Waals surface area contributed by atoms with Gasteiger partial charge in [-0.15, -0.1) is 0 Å². The molecule has 120 valence electrons. The molecule has 2 rings (SSSR count). The maximum atomic E-state index is 14.1. The van der Waals surface area contributed by atoms with E-state index in [0.29, 0.717) is 21.6 Å². The third-order valence-corrected chi connectivity index (χ3v) is 4.82. The first-order valence-corrected chi connectivity index (χ1v) is 7.67. The van der Waals surface area contributed by atoms with Gasteiger partial charge in [-0.3, -0.25) is 0 Å². The molecule has 1 fully saturated rings. The van der Waals surface area contributed by atoms with Gasteiger partial charge in [-0.1, -0.05) is 17.7 Å². The second kappa shape index (κ2) is 5.97. The molecule has 6 heteroatoms. The van der Waals surface area contributed by atoms with Gasteiger partial charge in [-0.05, 0) is 57.8 Å². The summed E-state index contributed by atoms with van der Waals surface area (Å²) in [6.45, 7) is 9.82. The minimum absolute atomic E-state index is 0.210. The highest BCUT2D eigenvalue weighted by Gasteiger charge is 2.52. The average Bonchev–Trinajstić information content (AvgIpc) is 2.61. The van der Waals surface area contributed by atoms with Gasteiger partial charge >= 0.3 is 7.12 Å². The molecule has 0 amide bonds. The predicted octanol–water partition coefficient (Wildman–Crippen LogP) is 3.76.